The number of rotatable bonds is 5. The molecule has 2 saturated heterocycles. The maximum atomic E-state index is 12.9. The summed E-state index contributed by atoms with van der Waals surface area (Å²) in [4.78, 5) is 28.7. The molecule has 142 valence electrons. The second kappa shape index (κ2) is 7.39. The molecule has 2 fully saturated rings. The summed E-state index contributed by atoms with van der Waals surface area (Å²) in [6.07, 6.45) is 0.705. The summed E-state index contributed by atoms with van der Waals surface area (Å²) in [7, 11) is -3.04. The fourth-order valence-corrected chi connectivity index (χ4v) is 5.58. The lowest BCUT2D eigenvalue weighted by Gasteiger charge is -2.29. The van der Waals surface area contributed by atoms with Gasteiger partial charge in [0.15, 0.2) is 9.84 Å². The highest BCUT2D eigenvalue weighted by molar-refractivity contribution is 7.91. The molecule has 2 heterocycles. The SMILES string of the molecule is CCN(C(=O)[C@H]1CC(=O)N(Cc2ccc(C)cc2)C1)[C@@H]1CCS(=O)(=O)C1. The molecule has 0 spiro atoms. The summed E-state index contributed by atoms with van der Waals surface area (Å²) in [6.45, 7) is 5.27. The Morgan fingerprint density at radius 1 is 1.27 bits per heavy atom. The van der Waals surface area contributed by atoms with Crippen LogP contribution in [0.4, 0.5) is 0 Å². The van der Waals surface area contributed by atoms with Crippen molar-refractivity contribution in [1.82, 2.24) is 9.80 Å². The molecule has 0 N–H and O–H groups in total. The lowest BCUT2D eigenvalue weighted by atomic mass is 10.1. The molecule has 26 heavy (non-hydrogen) atoms. The van der Waals surface area contributed by atoms with E-state index in [2.05, 4.69) is 0 Å². The summed E-state index contributed by atoms with van der Waals surface area (Å²) in [5.41, 5.74) is 2.21. The summed E-state index contributed by atoms with van der Waals surface area (Å²) >= 11 is 0. The van der Waals surface area contributed by atoms with E-state index in [1.165, 1.54) is 5.56 Å². The fraction of sp³-hybridized carbons (Fsp3) is 0.579. The Hall–Kier alpha value is -1.89. The van der Waals surface area contributed by atoms with Crippen molar-refractivity contribution in [2.24, 2.45) is 5.92 Å². The van der Waals surface area contributed by atoms with Gasteiger partial charge < -0.3 is 9.80 Å². The van der Waals surface area contributed by atoms with Gasteiger partial charge in [-0.3, -0.25) is 9.59 Å². The van der Waals surface area contributed by atoms with Gasteiger partial charge in [-0.15, -0.1) is 0 Å². The molecule has 2 aliphatic heterocycles. The minimum atomic E-state index is -3.04. The molecule has 2 atom stereocenters. The molecule has 3 rings (SSSR count). The number of sulfone groups is 1. The summed E-state index contributed by atoms with van der Waals surface area (Å²) < 4.78 is 23.5. The van der Waals surface area contributed by atoms with Gasteiger partial charge in [0, 0.05) is 32.1 Å². The Bertz CT molecular complexity index is 788. The van der Waals surface area contributed by atoms with Gasteiger partial charge in [-0.25, -0.2) is 8.42 Å². The van der Waals surface area contributed by atoms with Crippen molar-refractivity contribution in [2.45, 2.75) is 39.3 Å². The number of hydrogen-bond donors (Lipinski definition) is 0. The van der Waals surface area contributed by atoms with Crippen LogP contribution in [-0.2, 0) is 26.0 Å². The van der Waals surface area contributed by atoms with Crippen LogP contribution >= 0.6 is 0 Å². The molecular formula is C19H26N2O4S. The molecule has 2 amide bonds. The first-order chi connectivity index (χ1) is 12.3. The van der Waals surface area contributed by atoms with Crippen molar-refractivity contribution in [3.63, 3.8) is 0 Å². The molecule has 0 radical (unpaired) electrons. The van der Waals surface area contributed by atoms with Crippen LogP contribution in [0.2, 0.25) is 0 Å². The van der Waals surface area contributed by atoms with Gasteiger partial charge in [-0.2, -0.15) is 0 Å². The standard InChI is InChI=1S/C19H26N2O4S/c1-3-21(17-8-9-26(24,25)13-17)19(23)16-10-18(22)20(12-16)11-15-6-4-14(2)5-7-15/h4-7,16-17H,3,8-13H2,1-2H3/t16-,17+/m0/s1. The quantitative estimate of drug-likeness (QED) is 0.776. The van der Waals surface area contributed by atoms with Crippen LogP contribution in [0.15, 0.2) is 24.3 Å². The lowest BCUT2D eigenvalue weighted by molar-refractivity contribution is -0.137. The average molecular weight is 378 g/mol. The molecule has 2 aliphatic rings. The first-order valence-electron chi connectivity index (χ1n) is 9.13. The van der Waals surface area contributed by atoms with Gasteiger partial charge in [0.25, 0.3) is 0 Å². The van der Waals surface area contributed by atoms with Gasteiger partial charge in [-0.1, -0.05) is 29.8 Å². The van der Waals surface area contributed by atoms with Crippen molar-refractivity contribution in [3.8, 4) is 0 Å². The van der Waals surface area contributed by atoms with Crippen LogP contribution < -0.4 is 0 Å². The minimum absolute atomic E-state index is 0.0148. The van der Waals surface area contributed by atoms with Crippen LogP contribution in [0.3, 0.4) is 0 Å². The molecule has 0 saturated carbocycles. The van der Waals surface area contributed by atoms with Crippen molar-refractivity contribution in [3.05, 3.63) is 35.4 Å². The van der Waals surface area contributed by atoms with E-state index in [1.807, 2.05) is 38.1 Å². The summed E-state index contributed by atoms with van der Waals surface area (Å²) in [5.74, 6) is -0.296. The molecule has 1 aromatic rings. The average Bonchev–Trinajstić information content (AvgIpc) is 3.13. The minimum Gasteiger partial charge on any atom is -0.339 e. The smallest absolute Gasteiger partial charge is 0.228 e. The Morgan fingerprint density at radius 2 is 1.96 bits per heavy atom. The molecule has 1 aromatic carbocycles. The first-order valence-corrected chi connectivity index (χ1v) is 11.0. The van der Waals surface area contributed by atoms with Crippen molar-refractivity contribution in [1.29, 1.82) is 0 Å². The van der Waals surface area contributed by atoms with Gasteiger partial charge in [0.05, 0.1) is 17.4 Å². The van der Waals surface area contributed by atoms with E-state index in [4.69, 9.17) is 0 Å². The van der Waals surface area contributed by atoms with Gasteiger partial charge >= 0.3 is 0 Å². The number of benzene rings is 1. The van der Waals surface area contributed by atoms with E-state index in [-0.39, 0.29) is 41.7 Å². The predicted octanol–water partition coefficient (Wildman–Crippen LogP) is 1.38. The Kier molecular flexibility index (Phi) is 5.37. The third kappa shape index (κ3) is 4.09. The number of nitrogens with zero attached hydrogens (tertiary/aromatic N) is 2. The molecule has 0 aromatic heterocycles. The number of likely N-dealkylation sites (tertiary alicyclic amines) is 1. The fourth-order valence-electron chi connectivity index (χ4n) is 3.85. The normalized spacial score (nSPS) is 24.8. The molecule has 7 heteroatoms. The lowest BCUT2D eigenvalue weighted by Crippen LogP contribution is -2.44. The van der Waals surface area contributed by atoms with Crippen LogP contribution in [0, 0.1) is 12.8 Å². The van der Waals surface area contributed by atoms with Crippen LogP contribution in [-0.4, -0.2) is 60.7 Å². The molecule has 0 aliphatic carbocycles. The highest BCUT2D eigenvalue weighted by Gasteiger charge is 2.40. The first kappa shape index (κ1) is 18.9. The van der Waals surface area contributed by atoms with E-state index >= 15 is 0 Å². The Labute approximate surface area is 155 Å². The molecule has 6 nitrogen and oxygen atoms in total. The van der Waals surface area contributed by atoms with Crippen molar-refractivity contribution < 1.29 is 18.0 Å². The largest absolute Gasteiger partial charge is 0.339 e. The maximum Gasteiger partial charge on any atom is 0.228 e. The van der Waals surface area contributed by atoms with E-state index in [9.17, 15) is 18.0 Å². The monoisotopic (exact) mass is 378 g/mol. The zero-order chi connectivity index (χ0) is 18.9. The highest BCUT2D eigenvalue weighted by Crippen LogP contribution is 2.25. The van der Waals surface area contributed by atoms with Gasteiger partial charge in [-0.05, 0) is 25.8 Å². The molecule has 0 unspecified atom stereocenters. The van der Waals surface area contributed by atoms with E-state index in [0.29, 0.717) is 26.1 Å². The second-order valence-corrected chi connectivity index (χ2v) is 9.57. The Balaban J connectivity index is 1.65. The second-order valence-electron chi connectivity index (χ2n) is 7.34. The van der Waals surface area contributed by atoms with Crippen LogP contribution in [0.25, 0.3) is 0 Å². The number of carbonyl (C=O) groups is 2. The third-order valence-corrected chi connectivity index (χ3v) is 7.08. The summed E-state index contributed by atoms with van der Waals surface area (Å²) in [6, 6.07) is 7.77. The highest BCUT2D eigenvalue weighted by atomic mass is 32.2. The van der Waals surface area contributed by atoms with E-state index in [1.54, 1.807) is 9.80 Å². The third-order valence-electron chi connectivity index (χ3n) is 5.33. The number of aryl methyl sites for hydroxylation is 1. The zero-order valence-corrected chi connectivity index (χ0v) is 16.2. The summed E-state index contributed by atoms with van der Waals surface area (Å²) in [5, 5.41) is 0. The van der Waals surface area contributed by atoms with Gasteiger partial charge in [0.2, 0.25) is 11.8 Å². The van der Waals surface area contributed by atoms with Crippen molar-refractivity contribution in [2.75, 3.05) is 24.6 Å². The number of amides is 2. The zero-order valence-electron chi connectivity index (χ0n) is 15.3. The van der Waals surface area contributed by atoms with Crippen LogP contribution in [0.1, 0.15) is 30.9 Å². The van der Waals surface area contributed by atoms with E-state index < -0.39 is 9.84 Å². The Morgan fingerprint density at radius 3 is 2.54 bits per heavy atom. The van der Waals surface area contributed by atoms with Crippen LogP contribution in [0.5, 0.6) is 0 Å². The topological polar surface area (TPSA) is 74.8 Å². The number of carbonyl (C=O) groups excluding carboxylic acids is 2. The van der Waals surface area contributed by atoms with Gasteiger partial charge in [0.1, 0.15) is 0 Å². The molecular weight excluding hydrogens is 352 g/mol. The molecule has 0 bridgehead atoms. The van der Waals surface area contributed by atoms with Crippen molar-refractivity contribution >= 4 is 21.7 Å². The van der Waals surface area contributed by atoms with E-state index in [0.717, 1.165) is 5.56 Å². The number of hydrogen-bond acceptors (Lipinski definition) is 4. The maximum absolute atomic E-state index is 12.9. The predicted molar refractivity (Wildman–Crippen MR) is 99.1 cm³/mol.